The van der Waals surface area contributed by atoms with Crippen molar-refractivity contribution in [3.63, 3.8) is 0 Å². The van der Waals surface area contributed by atoms with Crippen LogP contribution in [0.25, 0.3) is 0 Å². The van der Waals surface area contributed by atoms with Gasteiger partial charge in [0.15, 0.2) is 0 Å². The van der Waals surface area contributed by atoms with Crippen LogP contribution in [0.3, 0.4) is 0 Å². The van der Waals surface area contributed by atoms with E-state index in [0.29, 0.717) is 24.3 Å². The van der Waals surface area contributed by atoms with Gasteiger partial charge in [0.25, 0.3) is 0 Å². The number of allylic oxidation sites excluding steroid dienone is 4. The number of likely N-dealkylation sites (tertiary alicyclic amines) is 1. The lowest BCUT2D eigenvalue weighted by atomic mass is 9.59. The molecule has 1 fully saturated rings. The number of carbonyl (C=O) groups is 1. The van der Waals surface area contributed by atoms with Gasteiger partial charge in [-0.25, -0.2) is 0 Å². The largest absolute Gasteiger partial charge is 0.342 e. The Balaban J connectivity index is 1.52. The predicted molar refractivity (Wildman–Crippen MR) is 105 cm³/mol. The summed E-state index contributed by atoms with van der Waals surface area (Å²) in [5.41, 5.74) is 2.97. The Morgan fingerprint density at radius 3 is 2.88 bits per heavy atom. The van der Waals surface area contributed by atoms with E-state index in [-0.39, 0.29) is 5.41 Å². The minimum Gasteiger partial charge on any atom is -0.342 e. The van der Waals surface area contributed by atoms with Crippen molar-refractivity contribution >= 4 is 17.7 Å². The molecular weight excluding hydrogens is 326 g/mol. The molecule has 0 spiro atoms. The third-order valence-electron chi connectivity index (χ3n) is 6.16. The second-order valence-corrected chi connectivity index (χ2v) is 8.67. The number of hydrogen-bond acceptors (Lipinski definition) is 2. The topological polar surface area (TPSA) is 20.3 Å². The zero-order valence-corrected chi connectivity index (χ0v) is 15.8. The monoisotopic (exact) mass is 351 g/mol. The van der Waals surface area contributed by atoms with E-state index in [2.05, 4.69) is 61.6 Å². The minimum absolute atomic E-state index is 0.162. The van der Waals surface area contributed by atoms with Crippen molar-refractivity contribution in [3.8, 4) is 0 Å². The van der Waals surface area contributed by atoms with Crippen LogP contribution in [0.1, 0.15) is 31.7 Å². The van der Waals surface area contributed by atoms with Crippen molar-refractivity contribution < 1.29 is 4.79 Å². The van der Waals surface area contributed by atoms with Gasteiger partial charge in [0, 0.05) is 36.1 Å². The smallest absolute Gasteiger partial charge is 0.222 e. The van der Waals surface area contributed by atoms with Gasteiger partial charge in [-0.05, 0) is 35.5 Å². The average molecular weight is 352 g/mol. The summed E-state index contributed by atoms with van der Waals surface area (Å²) in [6, 6.07) is 11.0. The summed E-state index contributed by atoms with van der Waals surface area (Å²) in [6.45, 7) is 2.37. The highest BCUT2D eigenvalue weighted by Crippen LogP contribution is 2.52. The third kappa shape index (κ3) is 2.99. The lowest BCUT2D eigenvalue weighted by Crippen LogP contribution is -2.56. The van der Waals surface area contributed by atoms with Crippen molar-refractivity contribution in [3.05, 3.63) is 70.7 Å². The number of rotatable bonds is 3. The molecule has 3 atom stereocenters. The Morgan fingerprint density at radius 1 is 1.28 bits per heavy atom. The predicted octanol–water partition coefficient (Wildman–Crippen LogP) is 4.95. The van der Waals surface area contributed by atoms with Gasteiger partial charge >= 0.3 is 0 Å². The standard InChI is InChI=1S/C22H25NOS/c1-22-13-12-21(24)23(2)20(22)11-8-17-14-18(9-10-19(17)22)25-15-16-6-4-3-5-7-16/h3-10,14,19-20H,11-13,15H2,1-2H3/t19?,20-,22-/m1/s1. The quantitative estimate of drug-likeness (QED) is 0.768. The molecular formula is C22H25NOS. The second-order valence-electron chi connectivity index (χ2n) is 7.62. The maximum absolute atomic E-state index is 12.1. The van der Waals surface area contributed by atoms with E-state index in [4.69, 9.17) is 0 Å². The molecule has 0 aromatic heterocycles. The molecule has 4 rings (SSSR count). The van der Waals surface area contributed by atoms with Crippen molar-refractivity contribution in [1.29, 1.82) is 0 Å². The van der Waals surface area contributed by atoms with E-state index in [0.717, 1.165) is 18.6 Å². The summed E-state index contributed by atoms with van der Waals surface area (Å²) < 4.78 is 0. The molecule has 2 aliphatic carbocycles. The number of nitrogens with zero attached hydrogens (tertiary/aromatic N) is 1. The molecule has 1 aromatic carbocycles. The maximum atomic E-state index is 12.1. The summed E-state index contributed by atoms with van der Waals surface area (Å²) in [5, 5.41) is 0. The third-order valence-corrected chi connectivity index (χ3v) is 7.22. The average Bonchev–Trinajstić information content (AvgIpc) is 2.64. The molecule has 1 saturated heterocycles. The van der Waals surface area contributed by atoms with Crippen molar-refractivity contribution in [2.45, 2.75) is 38.0 Å². The van der Waals surface area contributed by atoms with E-state index in [1.807, 2.05) is 23.7 Å². The van der Waals surface area contributed by atoms with Crippen molar-refractivity contribution in [2.75, 3.05) is 7.05 Å². The number of hydrogen-bond donors (Lipinski definition) is 0. The molecule has 1 amide bonds. The summed E-state index contributed by atoms with van der Waals surface area (Å²) in [4.78, 5) is 15.4. The maximum Gasteiger partial charge on any atom is 0.222 e. The highest BCUT2D eigenvalue weighted by Gasteiger charge is 2.49. The van der Waals surface area contributed by atoms with Crippen LogP contribution in [-0.4, -0.2) is 23.9 Å². The Morgan fingerprint density at radius 2 is 2.08 bits per heavy atom. The zero-order chi connectivity index (χ0) is 17.4. The van der Waals surface area contributed by atoms with Crippen molar-refractivity contribution in [2.24, 2.45) is 11.3 Å². The van der Waals surface area contributed by atoms with Crippen LogP contribution in [0.4, 0.5) is 0 Å². The van der Waals surface area contributed by atoms with E-state index in [1.54, 1.807) is 0 Å². The molecule has 1 aromatic rings. The summed E-state index contributed by atoms with van der Waals surface area (Å²) in [7, 11) is 1.98. The molecule has 0 N–H and O–H groups in total. The lowest BCUT2D eigenvalue weighted by Gasteiger charge is -2.53. The molecule has 0 saturated carbocycles. The number of piperidine rings is 1. The first-order valence-corrected chi connectivity index (χ1v) is 10.1. The van der Waals surface area contributed by atoms with Gasteiger partial charge in [0.2, 0.25) is 5.91 Å². The Labute approximate surface area is 154 Å². The highest BCUT2D eigenvalue weighted by molar-refractivity contribution is 8.02. The van der Waals surface area contributed by atoms with Crippen LogP contribution in [0.2, 0.25) is 0 Å². The Bertz CT molecular complexity index is 763. The first kappa shape index (κ1) is 16.7. The highest BCUT2D eigenvalue weighted by atomic mass is 32.2. The number of thioether (sulfide) groups is 1. The Kier molecular flexibility index (Phi) is 4.36. The fourth-order valence-corrected chi connectivity index (χ4v) is 5.51. The molecule has 0 bridgehead atoms. The molecule has 3 heteroatoms. The molecule has 130 valence electrons. The first-order chi connectivity index (χ1) is 12.1. The van der Waals surface area contributed by atoms with Gasteiger partial charge in [0.1, 0.15) is 0 Å². The fourth-order valence-electron chi connectivity index (χ4n) is 4.59. The normalized spacial score (nSPS) is 31.1. The number of fused-ring (bicyclic) bond motifs is 3. The number of carbonyl (C=O) groups excluding carboxylic acids is 1. The van der Waals surface area contributed by atoms with Crippen LogP contribution in [0.15, 0.2) is 65.1 Å². The van der Waals surface area contributed by atoms with Crippen LogP contribution < -0.4 is 0 Å². The summed E-state index contributed by atoms with van der Waals surface area (Å²) in [6.07, 6.45) is 12.1. The first-order valence-electron chi connectivity index (χ1n) is 9.10. The Hall–Kier alpha value is -1.74. The summed E-state index contributed by atoms with van der Waals surface area (Å²) >= 11 is 1.90. The number of benzene rings is 1. The van der Waals surface area contributed by atoms with Gasteiger partial charge in [0.05, 0.1) is 0 Å². The zero-order valence-electron chi connectivity index (χ0n) is 14.9. The van der Waals surface area contributed by atoms with Crippen LogP contribution in [0, 0.1) is 11.3 Å². The van der Waals surface area contributed by atoms with Gasteiger partial charge in [-0.3, -0.25) is 4.79 Å². The molecule has 0 radical (unpaired) electrons. The van der Waals surface area contributed by atoms with E-state index < -0.39 is 0 Å². The van der Waals surface area contributed by atoms with Crippen molar-refractivity contribution in [1.82, 2.24) is 4.90 Å². The van der Waals surface area contributed by atoms with Gasteiger partial charge in [-0.1, -0.05) is 55.5 Å². The van der Waals surface area contributed by atoms with E-state index in [1.165, 1.54) is 16.0 Å². The lowest BCUT2D eigenvalue weighted by molar-refractivity contribution is -0.141. The van der Waals surface area contributed by atoms with Gasteiger partial charge < -0.3 is 4.90 Å². The molecule has 25 heavy (non-hydrogen) atoms. The molecule has 2 nitrogen and oxygen atoms in total. The fraction of sp³-hybridized carbons (Fsp3) is 0.409. The molecule has 1 unspecified atom stereocenters. The van der Waals surface area contributed by atoms with Gasteiger partial charge in [-0.2, -0.15) is 0 Å². The van der Waals surface area contributed by atoms with Gasteiger partial charge in [-0.15, -0.1) is 11.8 Å². The van der Waals surface area contributed by atoms with Crippen LogP contribution >= 0.6 is 11.8 Å². The summed E-state index contributed by atoms with van der Waals surface area (Å²) in [5.74, 6) is 1.74. The minimum atomic E-state index is 0.162. The number of amides is 1. The van der Waals surface area contributed by atoms with Crippen LogP contribution in [-0.2, 0) is 10.5 Å². The second kappa shape index (κ2) is 6.53. The van der Waals surface area contributed by atoms with Crippen LogP contribution in [0.5, 0.6) is 0 Å². The van der Waals surface area contributed by atoms with E-state index in [9.17, 15) is 4.79 Å². The van der Waals surface area contributed by atoms with E-state index >= 15 is 0 Å². The molecule has 1 aliphatic heterocycles. The molecule has 3 aliphatic rings. The molecule has 1 heterocycles. The SMILES string of the molecule is CN1C(=O)CC[C@]2(C)C3C=CC(SCc4ccccc4)=CC3=CC[C@@H]12.